The van der Waals surface area contributed by atoms with Crippen LogP contribution in [0.2, 0.25) is 0 Å². The number of carbonyl (C=O) groups excluding carboxylic acids is 1. The predicted octanol–water partition coefficient (Wildman–Crippen LogP) is 18.4. The van der Waals surface area contributed by atoms with Gasteiger partial charge in [-0.25, -0.2) is 4.57 Å². The Morgan fingerprint density at radius 2 is 0.833 bits per heavy atom. The molecule has 0 bridgehead atoms. The van der Waals surface area contributed by atoms with E-state index < -0.39 is 20.0 Å². The molecule has 0 aromatic rings. The van der Waals surface area contributed by atoms with Crippen LogP contribution in [-0.4, -0.2) is 73.4 Å². The number of unbranched alkanes of at least 4 members (excludes halogenated alkanes) is 27. The van der Waals surface area contributed by atoms with Gasteiger partial charge in [0.25, 0.3) is 0 Å². The largest absolute Gasteiger partial charge is 0.472 e. The van der Waals surface area contributed by atoms with E-state index in [-0.39, 0.29) is 19.1 Å². The van der Waals surface area contributed by atoms with E-state index in [0.717, 1.165) is 83.5 Å². The molecule has 0 rings (SSSR count). The van der Waals surface area contributed by atoms with E-state index in [1.54, 1.807) is 0 Å². The number of rotatable bonds is 54. The lowest BCUT2D eigenvalue weighted by Gasteiger charge is -2.26. The summed E-state index contributed by atoms with van der Waals surface area (Å²) in [7, 11) is 1.62. The fourth-order valence-electron chi connectivity index (χ4n) is 8.50. The molecule has 0 aliphatic carbocycles. The van der Waals surface area contributed by atoms with Gasteiger partial charge >= 0.3 is 7.82 Å². The number of likely N-dealkylation sites (N-methyl/N-ethyl adjacent to an activating group) is 1. The number of allylic oxidation sites excluding steroid dienone is 14. The Bertz CT molecular complexity index is 1450. The number of aliphatic hydroxyl groups is 1. The van der Waals surface area contributed by atoms with Crippen molar-refractivity contribution >= 4 is 13.7 Å². The van der Waals surface area contributed by atoms with Crippen LogP contribution >= 0.6 is 7.82 Å². The molecule has 9 heteroatoms. The molecule has 0 saturated carbocycles. The minimum atomic E-state index is -4.31. The second kappa shape index (κ2) is 53.5. The van der Waals surface area contributed by atoms with Gasteiger partial charge in [0.2, 0.25) is 5.91 Å². The SMILES string of the molecule is CC/C=C\C/C=C\C/C=C\C/C=C\C/C=C\C/C=C\C/C=C\CCCCCCCCCCCCCCCCCCCCCC(=O)NC(COP(=O)(O)OCC[N+](C)(C)C)C(O)CCCCCCCCCCC. The summed E-state index contributed by atoms with van der Waals surface area (Å²) in [4.78, 5) is 23.2. The normalized spacial score (nSPS) is 14.5. The minimum absolute atomic E-state index is 0.0737. The summed E-state index contributed by atoms with van der Waals surface area (Å²) in [6.07, 6.45) is 75.4. The lowest BCUT2D eigenvalue weighted by Crippen LogP contribution is -2.46. The maximum absolute atomic E-state index is 12.9. The fraction of sp³-hybridized carbons (Fsp3) is 0.762. The molecule has 418 valence electrons. The van der Waals surface area contributed by atoms with E-state index in [4.69, 9.17) is 9.05 Å². The van der Waals surface area contributed by atoms with E-state index in [0.29, 0.717) is 23.9 Å². The van der Waals surface area contributed by atoms with Crippen LogP contribution in [0.4, 0.5) is 0 Å². The van der Waals surface area contributed by atoms with Crippen molar-refractivity contribution in [1.82, 2.24) is 5.32 Å². The first-order valence-corrected chi connectivity index (χ1v) is 31.4. The predicted molar refractivity (Wildman–Crippen MR) is 313 cm³/mol. The smallest absolute Gasteiger partial charge is 0.391 e. The molecule has 3 N–H and O–H groups in total. The van der Waals surface area contributed by atoms with Gasteiger partial charge in [-0.3, -0.25) is 13.8 Å². The van der Waals surface area contributed by atoms with Crippen molar-refractivity contribution in [1.29, 1.82) is 0 Å². The molecule has 3 unspecified atom stereocenters. The van der Waals surface area contributed by atoms with Crippen molar-refractivity contribution in [3.05, 3.63) is 85.1 Å². The number of hydrogen-bond donors (Lipinski definition) is 3. The van der Waals surface area contributed by atoms with Gasteiger partial charge in [0, 0.05) is 6.42 Å². The molecule has 0 aliphatic rings. The number of nitrogens with zero attached hydrogens (tertiary/aromatic N) is 1. The number of carbonyl (C=O) groups is 1. The molecule has 1 amide bonds. The van der Waals surface area contributed by atoms with Gasteiger partial charge in [-0.15, -0.1) is 0 Å². The van der Waals surface area contributed by atoms with Crippen LogP contribution in [0, 0.1) is 0 Å². The molecule has 0 aromatic heterocycles. The molecule has 0 aliphatic heterocycles. The average molecular weight is 1030 g/mol. The van der Waals surface area contributed by atoms with Gasteiger partial charge in [-0.05, 0) is 70.6 Å². The minimum Gasteiger partial charge on any atom is -0.391 e. The van der Waals surface area contributed by atoms with Gasteiger partial charge in [0.15, 0.2) is 0 Å². The lowest BCUT2D eigenvalue weighted by atomic mass is 10.0. The monoisotopic (exact) mass is 1030 g/mol. The molecule has 8 nitrogen and oxygen atoms in total. The van der Waals surface area contributed by atoms with Crippen molar-refractivity contribution in [2.45, 2.75) is 270 Å². The number of aliphatic hydroxyl groups excluding tert-OH is 1. The number of quaternary nitrogens is 1. The third-order valence-electron chi connectivity index (χ3n) is 13.2. The van der Waals surface area contributed by atoms with E-state index >= 15 is 0 Å². The molecule has 72 heavy (non-hydrogen) atoms. The number of nitrogens with one attached hydrogen (secondary N) is 1. The molecule has 0 aromatic carbocycles. The van der Waals surface area contributed by atoms with Crippen molar-refractivity contribution in [3.63, 3.8) is 0 Å². The Kier molecular flexibility index (Phi) is 51.8. The summed E-state index contributed by atoms with van der Waals surface area (Å²) in [6.45, 7) is 4.75. The number of amides is 1. The van der Waals surface area contributed by atoms with E-state index in [2.05, 4.69) is 104 Å². The number of phosphoric acid groups is 1. The van der Waals surface area contributed by atoms with E-state index in [1.807, 2.05) is 21.1 Å². The Morgan fingerprint density at radius 1 is 0.486 bits per heavy atom. The number of hydrogen-bond acceptors (Lipinski definition) is 5. The highest BCUT2D eigenvalue weighted by Gasteiger charge is 2.28. The summed E-state index contributed by atoms with van der Waals surface area (Å²) in [5, 5.41) is 14.0. The van der Waals surface area contributed by atoms with Crippen molar-refractivity contribution < 1.29 is 32.9 Å². The van der Waals surface area contributed by atoms with Crippen LogP contribution < -0.4 is 5.32 Å². The van der Waals surface area contributed by atoms with Crippen molar-refractivity contribution in [3.8, 4) is 0 Å². The molecule has 0 heterocycles. The standard InChI is InChI=1S/C63H115N2O6P/c1-6-8-10-12-14-16-17-18-19-20-21-22-23-24-25-26-27-28-29-30-31-32-33-34-35-36-37-38-39-40-41-42-43-44-45-46-47-49-51-53-55-57-63(67)64-61(60-71-72(68,69)70-59-58-65(3,4)5)62(66)56-54-52-50-48-15-13-11-9-7-2/h8,10,14,16,18-19,21-22,24-25,27-28,30-31,61-62,66H,6-7,9,11-13,15,17,20,23,26,29,32-60H2,1-5H3,(H-,64,67,68,69)/p+1/b10-8-,16-14-,19-18-,22-21-,25-24-,28-27-,31-30-. The second-order valence-electron chi connectivity index (χ2n) is 21.3. The molecule has 3 atom stereocenters. The second-order valence-corrected chi connectivity index (χ2v) is 22.8. The molecule has 0 fully saturated rings. The van der Waals surface area contributed by atoms with Crippen LogP contribution in [0.5, 0.6) is 0 Å². The van der Waals surface area contributed by atoms with Gasteiger partial charge < -0.3 is 19.8 Å². The van der Waals surface area contributed by atoms with Gasteiger partial charge in [-0.2, -0.15) is 0 Å². The molecule has 0 saturated heterocycles. The van der Waals surface area contributed by atoms with Gasteiger partial charge in [0.1, 0.15) is 13.2 Å². The molecule has 0 radical (unpaired) electrons. The van der Waals surface area contributed by atoms with Crippen molar-refractivity contribution in [2.75, 3.05) is 40.9 Å². The lowest BCUT2D eigenvalue weighted by molar-refractivity contribution is -0.870. The van der Waals surface area contributed by atoms with Crippen LogP contribution in [-0.2, 0) is 18.4 Å². The van der Waals surface area contributed by atoms with Crippen LogP contribution in [0.15, 0.2) is 85.1 Å². The topological polar surface area (TPSA) is 105 Å². The zero-order chi connectivity index (χ0) is 52.7. The Hall–Kier alpha value is -2.32. The number of phosphoric ester groups is 1. The summed E-state index contributed by atoms with van der Waals surface area (Å²) >= 11 is 0. The Balaban J connectivity index is 3.84. The summed E-state index contributed by atoms with van der Waals surface area (Å²) in [5.41, 5.74) is 0. The third kappa shape index (κ3) is 55.4. The molecular formula is C63H116N2O6P+. The van der Waals surface area contributed by atoms with Crippen LogP contribution in [0.3, 0.4) is 0 Å². The zero-order valence-corrected chi connectivity index (χ0v) is 48.5. The third-order valence-corrected chi connectivity index (χ3v) is 14.1. The highest BCUT2D eigenvalue weighted by Crippen LogP contribution is 2.43. The van der Waals surface area contributed by atoms with Crippen LogP contribution in [0.1, 0.15) is 258 Å². The fourth-order valence-corrected chi connectivity index (χ4v) is 9.23. The van der Waals surface area contributed by atoms with Crippen molar-refractivity contribution in [2.24, 2.45) is 0 Å². The Morgan fingerprint density at radius 3 is 1.22 bits per heavy atom. The quantitative estimate of drug-likeness (QED) is 0.0243. The van der Waals surface area contributed by atoms with Gasteiger partial charge in [-0.1, -0.05) is 266 Å². The molecular weight excluding hydrogens is 912 g/mol. The summed E-state index contributed by atoms with van der Waals surface area (Å²) < 4.78 is 23.7. The van der Waals surface area contributed by atoms with Gasteiger partial charge in [0.05, 0.1) is 39.9 Å². The molecule has 0 spiro atoms. The first-order valence-electron chi connectivity index (χ1n) is 30.0. The summed E-state index contributed by atoms with van der Waals surface area (Å²) in [5.74, 6) is -0.146. The maximum atomic E-state index is 12.9. The highest BCUT2D eigenvalue weighted by atomic mass is 31.2. The van der Waals surface area contributed by atoms with E-state index in [9.17, 15) is 19.4 Å². The Labute approximate surface area is 446 Å². The first kappa shape index (κ1) is 69.7. The van der Waals surface area contributed by atoms with E-state index in [1.165, 1.54) is 148 Å². The highest BCUT2D eigenvalue weighted by molar-refractivity contribution is 7.47. The maximum Gasteiger partial charge on any atom is 0.472 e. The summed E-state index contributed by atoms with van der Waals surface area (Å²) in [6, 6.07) is -0.760. The first-order chi connectivity index (χ1) is 35.0. The zero-order valence-electron chi connectivity index (χ0n) is 47.7. The van der Waals surface area contributed by atoms with Crippen LogP contribution in [0.25, 0.3) is 0 Å². The average Bonchev–Trinajstić information content (AvgIpc) is 3.34.